The molecule has 4 heteroatoms. The molecule has 2 atom stereocenters. The molecule has 0 amide bonds. The third-order valence-electron chi connectivity index (χ3n) is 17.0. The first kappa shape index (κ1) is 43.1. The van der Waals surface area contributed by atoms with Crippen LogP contribution < -0.4 is 26.2 Å². The maximum atomic E-state index is 2.90. The number of fused-ring (bicyclic) bond motifs is 7. The van der Waals surface area contributed by atoms with Crippen molar-refractivity contribution in [2.24, 2.45) is 0 Å². The van der Waals surface area contributed by atoms with Gasteiger partial charge < -0.3 is 14.4 Å². The number of anilines is 5. The van der Waals surface area contributed by atoms with Crippen LogP contribution in [-0.2, 0) is 21.7 Å². The Balaban J connectivity index is 1.25. The van der Waals surface area contributed by atoms with Crippen molar-refractivity contribution in [3.8, 4) is 28.1 Å². The van der Waals surface area contributed by atoms with E-state index in [0.717, 1.165) is 17.8 Å². The molecule has 0 saturated heterocycles. The van der Waals surface area contributed by atoms with Crippen molar-refractivity contribution >= 4 is 62.4 Å². The summed E-state index contributed by atoms with van der Waals surface area (Å²) in [5.41, 5.74) is 23.8. The molecule has 8 aromatic rings. The average molecular weight is 888 g/mol. The predicted octanol–water partition coefficient (Wildman–Crippen LogP) is 15.2. The molecule has 1 fully saturated rings. The Labute approximate surface area is 405 Å². The molecule has 3 nitrogen and oxygen atoms in total. The SMILES string of the molecule is CC(C)(C)c1ccc(N(c2ccc(C(C)(C)C)cc2)c2cc3c4c(c2)-n2c(-c5ccccc5)c(-c5ccccc5)c5cccc(c52)B4c2cc(C(C)(C)C)cc4c2N3C2(C)CCCCC42C)cc1. The second kappa shape index (κ2) is 14.6. The second-order valence-electron chi connectivity index (χ2n) is 24.2. The lowest BCUT2D eigenvalue weighted by Gasteiger charge is -2.52. The maximum absolute atomic E-state index is 2.90. The van der Waals surface area contributed by atoms with Crippen molar-refractivity contribution < 1.29 is 0 Å². The third-order valence-corrected chi connectivity index (χ3v) is 17.0. The molecule has 3 aliphatic heterocycles. The number of rotatable bonds is 5. The molecule has 0 radical (unpaired) electrons. The van der Waals surface area contributed by atoms with E-state index >= 15 is 0 Å². The molecule has 1 aromatic heterocycles. The fourth-order valence-corrected chi connectivity index (χ4v) is 13.0. The molecule has 7 aromatic carbocycles. The normalized spacial score (nSPS) is 19.2. The summed E-state index contributed by atoms with van der Waals surface area (Å²) in [6.07, 6.45) is 4.82. The first-order valence-corrected chi connectivity index (χ1v) is 25.4. The van der Waals surface area contributed by atoms with Crippen LogP contribution in [0.1, 0.15) is 124 Å². The lowest BCUT2D eigenvalue weighted by atomic mass is 9.33. The van der Waals surface area contributed by atoms with Gasteiger partial charge in [-0.3, -0.25) is 0 Å². The monoisotopic (exact) mass is 888 g/mol. The number of hydrogen-bond donors (Lipinski definition) is 0. The zero-order valence-corrected chi connectivity index (χ0v) is 42.2. The number of para-hydroxylation sites is 1. The Bertz CT molecular complexity index is 3250. The number of benzene rings is 7. The van der Waals surface area contributed by atoms with Gasteiger partial charge in [0.1, 0.15) is 0 Å². The molecule has 340 valence electrons. The number of aromatic nitrogens is 1. The Morgan fingerprint density at radius 2 is 1.07 bits per heavy atom. The van der Waals surface area contributed by atoms with Crippen LogP contribution in [0.4, 0.5) is 28.4 Å². The topological polar surface area (TPSA) is 11.4 Å². The minimum absolute atomic E-state index is 0.0131. The van der Waals surface area contributed by atoms with Gasteiger partial charge in [-0.1, -0.05) is 197 Å². The van der Waals surface area contributed by atoms with Crippen LogP contribution in [0, 0.1) is 0 Å². The molecule has 1 saturated carbocycles. The first-order valence-electron chi connectivity index (χ1n) is 25.4. The highest BCUT2D eigenvalue weighted by molar-refractivity contribution is 7.00. The third kappa shape index (κ3) is 6.11. The minimum Gasteiger partial charge on any atom is -0.335 e. The maximum Gasteiger partial charge on any atom is 0.252 e. The van der Waals surface area contributed by atoms with Crippen molar-refractivity contribution in [2.75, 3.05) is 9.80 Å². The van der Waals surface area contributed by atoms with Crippen LogP contribution in [0.5, 0.6) is 0 Å². The molecule has 0 N–H and O–H groups in total. The summed E-state index contributed by atoms with van der Waals surface area (Å²) in [6, 6.07) is 58.8. The highest BCUT2D eigenvalue weighted by Gasteiger charge is 2.61. The van der Waals surface area contributed by atoms with E-state index in [1.807, 2.05) is 0 Å². The van der Waals surface area contributed by atoms with Gasteiger partial charge in [-0.15, -0.1) is 0 Å². The zero-order chi connectivity index (χ0) is 47.3. The largest absolute Gasteiger partial charge is 0.335 e. The van der Waals surface area contributed by atoms with Crippen molar-refractivity contribution in [3.05, 3.63) is 174 Å². The lowest BCUT2D eigenvalue weighted by molar-refractivity contribution is 0.195. The quantitative estimate of drug-likeness (QED) is 0.160. The van der Waals surface area contributed by atoms with E-state index in [4.69, 9.17) is 0 Å². The van der Waals surface area contributed by atoms with Gasteiger partial charge in [0.25, 0.3) is 6.71 Å². The molecule has 4 heterocycles. The summed E-state index contributed by atoms with van der Waals surface area (Å²) in [5.74, 6) is 0. The number of hydrogen-bond acceptors (Lipinski definition) is 2. The highest BCUT2D eigenvalue weighted by Crippen LogP contribution is 2.62. The molecule has 0 bridgehead atoms. The van der Waals surface area contributed by atoms with Crippen LogP contribution >= 0.6 is 0 Å². The van der Waals surface area contributed by atoms with Gasteiger partial charge in [0.15, 0.2) is 0 Å². The molecular weight excluding hydrogens is 822 g/mol. The van der Waals surface area contributed by atoms with Gasteiger partial charge in [0, 0.05) is 50.3 Å². The summed E-state index contributed by atoms with van der Waals surface area (Å²) >= 11 is 0. The Morgan fingerprint density at radius 3 is 1.66 bits per heavy atom. The van der Waals surface area contributed by atoms with E-state index in [1.165, 1.54) is 108 Å². The van der Waals surface area contributed by atoms with E-state index in [2.05, 4.69) is 242 Å². The fourth-order valence-electron chi connectivity index (χ4n) is 13.0. The molecule has 68 heavy (non-hydrogen) atoms. The Kier molecular flexibility index (Phi) is 9.26. The molecule has 12 rings (SSSR count). The minimum atomic E-state index is -0.121. The van der Waals surface area contributed by atoms with Crippen LogP contribution in [0.15, 0.2) is 152 Å². The molecule has 0 spiro atoms. The standard InChI is InChI=1S/C64H66BN3/c1-60(2,3)43-27-31-46(32-28-43)66(47-33-29-44(30-34-47)61(4,5)6)48-39-53-56-54(40-48)68-59-50(63(10)35-18-19-36-64(63,68)11)37-45(62(7,8)9)38-52(59)65(56)51-26-20-25-49-55(41-21-14-12-15-22-41)57(67(53)58(49)51)42-23-16-13-17-24-42/h12-17,20-34,37-40H,18-19,35-36H2,1-11H3. The van der Waals surface area contributed by atoms with Gasteiger partial charge >= 0.3 is 0 Å². The van der Waals surface area contributed by atoms with Crippen molar-refractivity contribution in [1.82, 2.24) is 4.57 Å². The van der Waals surface area contributed by atoms with E-state index in [0.29, 0.717) is 0 Å². The summed E-state index contributed by atoms with van der Waals surface area (Å²) in [6.45, 7) is 26.4. The zero-order valence-electron chi connectivity index (χ0n) is 42.2. The second-order valence-corrected chi connectivity index (χ2v) is 24.2. The van der Waals surface area contributed by atoms with Crippen molar-refractivity contribution in [2.45, 2.75) is 129 Å². The van der Waals surface area contributed by atoms with E-state index < -0.39 is 0 Å². The van der Waals surface area contributed by atoms with Gasteiger partial charge in [-0.25, -0.2) is 0 Å². The smallest absolute Gasteiger partial charge is 0.252 e. The predicted molar refractivity (Wildman–Crippen MR) is 292 cm³/mol. The van der Waals surface area contributed by atoms with Crippen molar-refractivity contribution in [3.63, 3.8) is 0 Å². The molecule has 2 unspecified atom stereocenters. The van der Waals surface area contributed by atoms with Gasteiger partial charge in [-0.2, -0.15) is 0 Å². The van der Waals surface area contributed by atoms with E-state index in [1.54, 1.807) is 5.56 Å². The van der Waals surface area contributed by atoms with Gasteiger partial charge in [-0.05, 0) is 122 Å². The van der Waals surface area contributed by atoms with E-state index in [-0.39, 0.29) is 33.9 Å². The lowest BCUT2D eigenvalue weighted by Crippen LogP contribution is -2.64. The summed E-state index contributed by atoms with van der Waals surface area (Å²) in [4.78, 5) is 5.45. The fraction of sp³-hybridized carbons (Fsp3) is 0.312. The van der Waals surface area contributed by atoms with E-state index in [9.17, 15) is 0 Å². The van der Waals surface area contributed by atoms with Gasteiger partial charge in [0.2, 0.25) is 0 Å². The first-order chi connectivity index (χ1) is 32.4. The van der Waals surface area contributed by atoms with Gasteiger partial charge in [0.05, 0.1) is 16.9 Å². The summed E-state index contributed by atoms with van der Waals surface area (Å²) < 4.78 is 2.70. The Hall–Kier alpha value is -6.26. The van der Waals surface area contributed by atoms with Crippen molar-refractivity contribution in [1.29, 1.82) is 0 Å². The van der Waals surface area contributed by atoms with Crippen LogP contribution in [0.3, 0.4) is 0 Å². The molecular formula is C64H66BN3. The van der Waals surface area contributed by atoms with Crippen LogP contribution in [0.2, 0.25) is 0 Å². The van der Waals surface area contributed by atoms with Crippen LogP contribution in [0.25, 0.3) is 39.0 Å². The van der Waals surface area contributed by atoms with Crippen LogP contribution in [-0.4, -0.2) is 16.8 Å². The number of nitrogens with zero attached hydrogens (tertiary/aromatic N) is 3. The Morgan fingerprint density at radius 1 is 0.515 bits per heavy atom. The molecule has 4 aliphatic rings. The summed E-state index contributed by atoms with van der Waals surface area (Å²) in [7, 11) is 0. The highest BCUT2D eigenvalue weighted by atomic mass is 15.3. The summed E-state index contributed by atoms with van der Waals surface area (Å²) in [5, 5.41) is 1.30. The molecule has 1 aliphatic carbocycles. The average Bonchev–Trinajstić information content (AvgIpc) is 3.77.